The summed E-state index contributed by atoms with van der Waals surface area (Å²) in [5.74, 6) is 0. The summed E-state index contributed by atoms with van der Waals surface area (Å²) in [5.41, 5.74) is 7.92. The maximum absolute atomic E-state index is 5.71. The van der Waals surface area contributed by atoms with E-state index in [2.05, 4.69) is 109 Å². The SMILES string of the molecule is CNC(=S)NN=C(C(C)=NNC(=S)NC[P+](c1ccccc1)(c1ccccc1)c1ccccc1)c1ccncc1. The van der Waals surface area contributed by atoms with E-state index in [0.29, 0.717) is 27.9 Å². The van der Waals surface area contributed by atoms with Crippen molar-refractivity contribution in [2.24, 2.45) is 10.2 Å². The van der Waals surface area contributed by atoms with E-state index in [1.165, 1.54) is 15.9 Å². The van der Waals surface area contributed by atoms with Crippen molar-refractivity contribution in [2.75, 3.05) is 13.3 Å². The van der Waals surface area contributed by atoms with Crippen molar-refractivity contribution in [3.63, 3.8) is 0 Å². The lowest BCUT2D eigenvalue weighted by atomic mass is 10.1. The maximum Gasteiger partial charge on any atom is 0.189 e. The van der Waals surface area contributed by atoms with Gasteiger partial charge >= 0.3 is 0 Å². The molecule has 40 heavy (non-hydrogen) atoms. The fourth-order valence-electron chi connectivity index (χ4n) is 4.21. The zero-order valence-electron chi connectivity index (χ0n) is 22.3. The van der Waals surface area contributed by atoms with Gasteiger partial charge in [0.1, 0.15) is 35.2 Å². The van der Waals surface area contributed by atoms with Crippen LogP contribution in [0.4, 0.5) is 0 Å². The summed E-state index contributed by atoms with van der Waals surface area (Å²) in [6.07, 6.45) is 4.02. The van der Waals surface area contributed by atoms with Crippen LogP contribution in [0.15, 0.2) is 126 Å². The molecular formula is C30H31N7PS2+. The summed E-state index contributed by atoms with van der Waals surface area (Å²) in [7, 11) is -0.367. The Kier molecular flexibility index (Phi) is 10.4. The van der Waals surface area contributed by atoms with E-state index in [-0.39, 0.29) is 0 Å². The Morgan fingerprint density at radius 2 is 1.18 bits per heavy atom. The lowest BCUT2D eigenvalue weighted by Crippen LogP contribution is -2.42. The van der Waals surface area contributed by atoms with Crippen LogP contribution in [0.25, 0.3) is 0 Å². The highest BCUT2D eigenvalue weighted by atomic mass is 32.1. The average Bonchev–Trinajstić information content (AvgIpc) is 3.02. The minimum atomic E-state index is -2.10. The highest BCUT2D eigenvalue weighted by molar-refractivity contribution is 7.95. The topological polar surface area (TPSA) is 85.7 Å². The van der Waals surface area contributed by atoms with Gasteiger partial charge in [0, 0.05) is 25.0 Å². The first-order valence-corrected chi connectivity index (χ1v) is 15.4. The van der Waals surface area contributed by atoms with Crippen molar-refractivity contribution in [2.45, 2.75) is 6.92 Å². The number of rotatable bonds is 9. The molecule has 0 aliphatic rings. The number of nitrogens with zero attached hydrogens (tertiary/aromatic N) is 3. The quantitative estimate of drug-likeness (QED) is 0.103. The summed E-state index contributed by atoms with van der Waals surface area (Å²) in [4.78, 5) is 4.10. The maximum atomic E-state index is 5.71. The van der Waals surface area contributed by atoms with E-state index in [0.717, 1.165) is 5.56 Å². The van der Waals surface area contributed by atoms with Crippen LogP contribution in [0.3, 0.4) is 0 Å². The molecule has 0 fully saturated rings. The van der Waals surface area contributed by atoms with E-state index in [1.807, 2.05) is 37.3 Å². The molecule has 7 nitrogen and oxygen atoms in total. The predicted octanol–water partition coefficient (Wildman–Crippen LogP) is 3.67. The van der Waals surface area contributed by atoms with Crippen LogP contribution in [-0.4, -0.2) is 40.0 Å². The Morgan fingerprint density at radius 1 is 0.700 bits per heavy atom. The van der Waals surface area contributed by atoms with Gasteiger partial charge in [-0.3, -0.25) is 15.8 Å². The third-order valence-corrected chi connectivity index (χ3v) is 10.9. The van der Waals surface area contributed by atoms with E-state index < -0.39 is 7.26 Å². The zero-order valence-corrected chi connectivity index (χ0v) is 24.8. The molecule has 0 unspecified atom stereocenters. The van der Waals surface area contributed by atoms with Gasteiger partial charge in [-0.05, 0) is 79.9 Å². The molecular weight excluding hydrogens is 553 g/mol. The molecule has 4 N–H and O–H groups in total. The van der Waals surface area contributed by atoms with Gasteiger partial charge in [-0.15, -0.1) is 0 Å². The fourth-order valence-corrected chi connectivity index (χ4v) is 8.36. The van der Waals surface area contributed by atoms with Crippen molar-refractivity contribution in [3.8, 4) is 0 Å². The number of aromatic nitrogens is 1. The van der Waals surface area contributed by atoms with Crippen LogP contribution in [0.1, 0.15) is 12.5 Å². The molecule has 0 atom stereocenters. The largest absolute Gasteiger partial charge is 0.364 e. The van der Waals surface area contributed by atoms with Crippen molar-refractivity contribution >= 4 is 69.3 Å². The molecule has 0 saturated heterocycles. The molecule has 1 aromatic heterocycles. The Morgan fingerprint density at radius 3 is 1.65 bits per heavy atom. The molecule has 10 heteroatoms. The Balaban J connectivity index is 1.61. The standard InChI is InChI=1S/C30H30N7PS2/c1-23(28(35-36-29(39)31-2)24-18-20-32-21-19-24)34-37-30(40)33-22-38(25-12-6-3-7-13-25,26-14-8-4-9-15-26)27-16-10-5-11-17-27/h3-21H,22H2,1-2H3,(H3-,31,32,33,34,35,36,37,39,40)/p+1. The van der Waals surface area contributed by atoms with E-state index in [9.17, 15) is 0 Å². The predicted molar refractivity (Wildman–Crippen MR) is 178 cm³/mol. The lowest BCUT2D eigenvalue weighted by molar-refractivity contribution is 0.956. The summed E-state index contributed by atoms with van der Waals surface area (Å²) in [6.45, 7) is 1.86. The summed E-state index contributed by atoms with van der Waals surface area (Å²) in [5, 5.41) is 19.9. The molecule has 0 saturated carbocycles. The first-order valence-electron chi connectivity index (χ1n) is 12.6. The zero-order chi connectivity index (χ0) is 28.2. The number of pyridine rings is 1. The minimum absolute atomic E-state index is 0.396. The number of hydrogen-bond donors (Lipinski definition) is 4. The molecule has 0 amide bonds. The van der Waals surface area contributed by atoms with Gasteiger partial charge in [0.2, 0.25) is 0 Å². The van der Waals surface area contributed by atoms with Gasteiger partial charge in [-0.2, -0.15) is 10.2 Å². The molecule has 0 bridgehead atoms. The second-order valence-corrected chi connectivity index (χ2v) is 13.0. The smallest absolute Gasteiger partial charge is 0.189 e. The van der Waals surface area contributed by atoms with Gasteiger partial charge in [-0.25, -0.2) is 0 Å². The van der Waals surface area contributed by atoms with Crippen molar-refractivity contribution in [3.05, 3.63) is 121 Å². The van der Waals surface area contributed by atoms with Crippen molar-refractivity contribution in [1.82, 2.24) is 26.5 Å². The number of hydrogen-bond acceptors (Lipinski definition) is 5. The molecule has 0 radical (unpaired) electrons. The molecule has 0 aliphatic heterocycles. The van der Waals surface area contributed by atoms with Gasteiger partial charge in [0.25, 0.3) is 0 Å². The van der Waals surface area contributed by atoms with E-state index in [4.69, 9.17) is 24.4 Å². The number of thiocarbonyl (C=S) groups is 2. The third-order valence-electron chi connectivity index (χ3n) is 6.19. The second kappa shape index (κ2) is 14.4. The fraction of sp³-hybridized carbons (Fsp3) is 0.100. The van der Waals surface area contributed by atoms with Crippen LogP contribution in [0.2, 0.25) is 0 Å². The van der Waals surface area contributed by atoms with Gasteiger partial charge < -0.3 is 10.6 Å². The van der Waals surface area contributed by atoms with Crippen LogP contribution in [0.5, 0.6) is 0 Å². The number of benzene rings is 3. The summed E-state index contributed by atoms with van der Waals surface area (Å²) >= 11 is 10.9. The molecule has 1 heterocycles. The third kappa shape index (κ3) is 7.12. The number of hydrazone groups is 2. The van der Waals surface area contributed by atoms with E-state index >= 15 is 0 Å². The Labute approximate surface area is 246 Å². The first-order chi connectivity index (χ1) is 19.5. The molecule has 4 rings (SSSR count). The summed E-state index contributed by atoms with van der Waals surface area (Å²) in [6, 6.07) is 35.6. The Bertz CT molecular complexity index is 1370. The lowest BCUT2D eigenvalue weighted by Gasteiger charge is -2.28. The van der Waals surface area contributed by atoms with Gasteiger partial charge in [0.05, 0.1) is 5.71 Å². The highest BCUT2D eigenvalue weighted by Crippen LogP contribution is 2.54. The van der Waals surface area contributed by atoms with Crippen LogP contribution >= 0.6 is 31.7 Å². The summed E-state index contributed by atoms with van der Waals surface area (Å²) < 4.78 is 0. The molecule has 202 valence electrons. The average molecular weight is 585 g/mol. The van der Waals surface area contributed by atoms with E-state index in [1.54, 1.807) is 19.4 Å². The number of nitrogens with one attached hydrogen (secondary N) is 4. The highest BCUT2D eigenvalue weighted by Gasteiger charge is 2.45. The monoisotopic (exact) mass is 584 g/mol. The second-order valence-electron chi connectivity index (χ2n) is 8.68. The molecule has 4 aromatic rings. The molecule has 0 spiro atoms. The molecule has 0 aliphatic carbocycles. The normalized spacial score (nSPS) is 11.8. The van der Waals surface area contributed by atoms with Crippen LogP contribution in [0, 0.1) is 0 Å². The van der Waals surface area contributed by atoms with Gasteiger partial charge in [0.15, 0.2) is 10.2 Å². The van der Waals surface area contributed by atoms with Crippen molar-refractivity contribution < 1.29 is 0 Å². The van der Waals surface area contributed by atoms with Crippen molar-refractivity contribution in [1.29, 1.82) is 0 Å². The van der Waals surface area contributed by atoms with Gasteiger partial charge in [-0.1, -0.05) is 54.6 Å². The molecule has 3 aromatic carbocycles. The minimum Gasteiger partial charge on any atom is -0.364 e. The Hall–Kier alpha value is -4.04. The van der Waals surface area contributed by atoms with Crippen LogP contribution in [-0.2, 0) is 0 Å². The first kappa shape index (κ1) is 29.0. The van der Waals surface area contributed by atoms with Crippen LogP contribution < -0.4 is 37.4 Å².